The summed E-state index contributed by atoms with van der Waals surface area (Å²) in [5.74, 6) is -0.216. The Morgan fingerprint density at radius 3 is 2.23 bits per heavy atom. The van der Waals surface area contributed by atoms with E-state index in [1.165, 1.54) is 37.3 Å². The second kappa shape index (κ2) is 13.8. The molecule has 2 amide bonds. The summed E-state index contributed by atoms with van der Waals surface area (Å²) in [5.41, 5.74) is 2.02. The Morgan fingerprint density at radius 1 is 0.950 bits per heavy atom. The monoisotopic (exact) mass is 567 g/mol. The zero-order valence-electron chi connectivity index (χ0n) is 23.6. The molecule has 1 N–H and O–H groups in total. The molecule has 0 fully saturated rings. The number of benzene rings is 3. The van der Waals surface area contributed by atoms with Gasteiger partial charge in [0, 0.05) is 19.2 Å². The van der Waals surface area contributed by atoms with E-state index in [4.69, 9.17) is 9.47 Å². The van der Waals surface area contributed by atoms with Crippen LogP contribution in [-0.4, -0.2) is 65.0 Å². The van der Waals surface area contributed by atoms with Gasteiger partial charge in [0.05, 0.1) is 24.8 Å². The fourth-order valence-electron chi connectivity index (χ4n) is 4.23. The van der Waals surface area contributed by atoms with Crippen LogP contribution in [0.5, 0.6) is 11.5 Å². The van der Waals surface area contributed by atoms with Crippen LogP contribution in [0.1, 0.15) is 25.0 Å². The van der Waals surface area contributed by atoms with E-state index >= 15 is 0 Å². The summed E-state index contributed by atoms with van der Waals surface area (Å²) in [5, 5.41) is 2.76. The summed E-state index contributed by atoms with van der Waals surface area (Å²) in [4.78, 5) is 28.2. The first-order chi connectivity index (χ1) is 19.1. The highest BCUT2D eigenvalue weighted by atomic mass is 32.2. The van der Waals surface area contributed by atoms with Crippen LogP contribution in [0.2, 0.25) is 0 Å². The van der Waals surface area contributed by atoms with Crippen LogP contribution < -0.4 is 19.1 Å². The van der Waals surface area contributed by atoms with Gasteiger partial charge in [-0.3, -0.25) is 13.9 Å². The van der Waals surface area contributed by atoms with Gasteiger partial charge in [0.15, 0.2) is 0 Å². The van der Waals surface area contributed by atoms with Crippen molar-refractivity contribution in [3.05, 3.63) is 83.9 Å². The number of nitrogens with one attached hydrogen (secondary N) is 1. The number of likely N-dealkylation sites (N-methyl/N-ethyl adjacent to an activating group) is 1. The molecule has 10 heteroatoms. The summed E-state index contributed by atoms with van der Waals surface area (Å²) < 4.78 is 39.9. The van der Waals surface area contributed by atoms with Crippen molar-refractivity contribution in [3.8, 4) is 11.5 Å². The van der Waals surface area contributed by atoms with Gasteiger partial charge in [0.25, 0.3) is 10.0 Å². The smallest absolute Gasteiger partial charge is 0.264 e. The van der Waals surface area contributed by atoms with Gasteiger partial charge >= 0.3 is 0 Å². The predicted molar refractivity (Wildman–Crippen MR) is 155 cm³/mol. The first kappa shape index (κ1) is 30.5. The number of rotatable bonds is 13. The van der Waals surface area contributed by atoms with Crippen LogP contribution in [-0.2, 0) is 26.0 Å². The number of hydrogen-bond donors (Lipinski definition) is 1. The molecule has 0 aromatic heterocycles. The van der Waals surface area contributed by atoms with Crippen LogP contribution in [0, 0.1) is 6.92 Å². The van der Waals surface area contributed by atoms with E-state index in [1.54, 1.807) is 38.1 Å². The van der Waals surface area contributed by atoms with Gasteiger partial charge in [-0.2, -0.15) is 0 Å². The lowest BCUT2D eigenvalue weighted by molar-refractivity contribution is -0.138. The van der Waals surface area contributed by atoms with Gasteiger partial charge in [0.1, 0.15) is 24.1 Å². The molecule has 0 saturated carbocycles. The quantitative estimate of drug-likeness (QED) is 0.337. The molecule has 0 aliphatic carbocycles. The number of anilines is 1. The molecule has 0 heterocycles. The second-order valence-electron chi connectivity index (χ2n) is 9.26. The molecule has 3 aromatic rings. The molecule has 0 aliphatic heterocycles. The Morgan fingerprint density at radius 2 is 1.62 bits per heavy atom. The SMILES string of the molecule is CCNC(=O)[C@H](C)N(CCc1ccccc1)C(=O)CN(c1cc(OC)ccc1OC)S(=O)(=O)c1ccc(C)cc1. The largest absolute Gasteiger partial charge is 0.497 e. The van der Waals surface area contributed by atoms with E-state index in [2.05, 4.69) is 5.32 Å². The Labute approximate surface area is 236 Å². The number of aryl methyl sites for hydroxylation is 1. The minimum atomic E-state index is -4.23. The first-order valence-electron chi connectivity index (χ1n) is 13.0. The summed E-state index contributed by atoms with van der Waals surface area (Å²) >= 11 is 0. The molecule has 1 atom stereocenters. The highest BCUT2D eigenvalue weighted by Crippen LogP contribution is 2.36. The maximum atomic E-state index is 14.0. The molecule has 0 saturated heterocycles. The molecule has 0 spiro atoms. The zero-order valence-corrected chi connectivity index (χ0v) is 24.4. The van der Waals surface area contributed by atoms with Crippen molar-refractivity contribution < 1.29 is 27.5 Å². The number of sulfonamides is 1. The average molecular weight is 568 g/mol. The Kier molecular flexibility index (Phi) is 10.6. The number of nitrogens with zero attached hydrogens (tertiary/aromatic N) is 2. The van der Waals surface area contributed by atoms with Crippen LogP contribution in [0.4, 0.5) is 5.69 Å². The molecular formula is C30H37N3O6S. The van der Waals surface area contributed by atoms with Crippen molar-refractivity contribution in [2.75, 3.05) is 38.2 Å². The van der Waals surface area contributed by atoms with Crippen LogP contribution in [0.15, 0.2) is 77.7 Å². The van der Waals surface area contributed by atoms with E-state index < -0.39 is 28.5 Å². The van der Waals surface area contributed by atoms with Gasteiger partial charge in [0.2, 0.25) is 11.8 Å². The Hall–Kier alpha value is -4.05. The maximum absolute atomic E-state index is 14.0. The number of hydrogen-bond acceptors (Lipinski definition) is 6. The number of methoxy groups -OCH3 is 2. The third kappa shape index (κ3) is 7.32. The maximum Gasteiger partial charge on any atom is 0.264 e. The second-order valence-corrected chi connectivity index (χ2v) is 11.1. The normalized spacial score (nSPS) is 11.8. The lowest BCUT2D eigenvalue weighted by atomic mass is 10.1. The third-order valence-electron chi connectivity index (χ3n) is 6.55. The highest BCUT2D eigenvalue weighted by Gasteiger charge is 2.33. The van der Waals surface area contributed by atoms with Gasteiger partial charge in [-0.15, -0.1) is 0 Å². The highest BCUT2D eigenvalue weighted by molar-refractivity contribution is 7.92. The number of carbonyl (C=O) groups excluding carboxylic acids is 2. The van der Waals surface area contributed by atoms with Gasteiger partial charge in [-0.1, -0.05) is 48.0 Å². The number of ether oxygens (including phenoxy) is 2. The molecule has 0 radical (unpaired) electrons. The third-order valence-corrected chi connectivity index (χ3v) is 8.32. The molecule has 40 heavy (non-hydrogen) atoms. The van der Waals surface area contributed by atoms with E-state index in [0.717, 1.165) is 15.4 Å². The van der Waals surface area contributed by atoms with Crippen molar-refractivity contribution in [2.24, 2.45) is 0 Å². The van der Waals surface area contributed by atoms with Crippen LogP contribution in [0.25, 0.3) is 0 Å². The molecule has 3 aromatic carbocycles. The molecule has 0 unspecified atom stereocenters. The topological polar surface area (TPSA) is 105 Å². The van der Waals surface area contributed by atoms with E-state index in [1.807, 2.05) is 37.3 Å². The van der Waals surface area contributed by atoms with Crippen molar-refractivity contribution in [2.45, 2.75) is 38.1 Å². The van der Waals surface area contributed by atoms with E-state index in [-0.39, 0.29) is 28.8 Å². The fraction of sp³-hybridized carbons (Fsp3) is 0.333. The molecule has 3 rings (SSSR count). The zero-order chi connectivity index (χ0) is 29.3. The van der Waals surface area contributed by atoms with Gasteiger partial charge < -0.3 is 19.7 Å². The van der Waals surface area contributed by atoms with Crippen molar-refractivity contribution in [1.82, 2.24) is 10.2 Å². The predicted octanol–water partition coefficient (Wildman–Crippen LogP) is 3.80. The first-order valence-corrected chi connectivity index (χ1v) is 14.5. The molecular weight excluding hydrogens is 530 g/mol. The summed E-state index contributed by atoms with van der Waals surface area (Å²) in [6, 6.07) is 19.9. The molecule has 0 bridgehead atoms. The molecule has 214 valence electrons. The number of amides is 2. The Bertz CT molecular complexity index is 1390. The minimum absolute atomic E-state index is 0.0170. The molecule has 9 nitrogen and oxygen atoms in total. The Balaban J connectivity index is 2.07. The van der Waals surface area contributed by atoms with Gasteiger partial charge in [-0.05, 0) is 57.0 Å². The van der Waals surface area contributed by atoms with Crippen molar-refractivity contribution >= 4 is 27.5 Å². The van der Waals surface area contributed by atoms with E-state index in [0.29, 0.717) is 18.7 Å². The molecule has 0 aliphatic rings. The minimum Gasteiger partial charge on any atom is -0.497 e. The van der Waals surface area contributed by atoms with Crippen LogP contribution in [0.3, 0.4) is 0 Å². The van der Waals surface area contributed by atoms with E-state index in [9.17, 15) is 18.0 Å². The van der Waals surface area contributed by atoms with Crippen molar-refractivity contribution in [1.29, 1.82) is 0 Å². The van der Waals surface area contributed by atoms with Crippen molar-refractivity contribution in [3.63, 3.8) is 0 Å². The van der Waals surface area contributed by atoms with Gasteiger partial charge in [-0.25, -0.2) is 8.42 Å². The lowest BCUT2D eigenvalue weighted by Crippen LogP contribution is -2.52. The standard InChI is InChI=1S/C30H37N3O6S/c1-6-31-30(35)23(3)32(19-18-24-10-8-7-9-11-24)29(34)21-33(27-20-25(38-4)14-17-28(27)39-5)40(36,37)26-15-12-22(2)13-16-26/h7-17,20,23H,6,18-19,21H2,1-5H3,(H,31,35)/t23-/m0/s1. The van der Waals surface area contributed by atoms with Crippen LogP contribution >= 0.6 is 0 Å². The summed E-state index contributed by atoms with van der Waals surface area (Å²) in [6.45, 7) is 5.35. The lowest BCUT2D eigenvalue weighted by Gasteiger charge is -2.32. The summed E-state index contributed by atoms with van der Waals surface area (Å²) in [6.07, 6.45) is 0.490. The fourth-order valence-corrected chi connectivity index (χ4v) is 5.65. The summed E-state index contributed by atoms with van der Waals surface area (Å²) in [7, 11) is -1.34. The average Bonchev–Trinajstić information content (AvgIpc) is 2.96. The number of carbonyl (C=O) groups is 2.